The van der Waals surface area contributed by atoms with E-state index in [-0.39, 0.29) is 12.4 Å². The summed E-state index contributed by atoms with van der Waals surface area (Å²) in [5.74, 6) is 1.06. The van der Waals surface area contributed by atoms with Crippen LogP contribution in [0.5, 0.6) is 11.5 Å². The number of phenols is 1. The molecule has 0 spiro atoms. The van der Waals surface area contributed by atoms with Crippen molar-refractivity contribution < 1.29 is 9.84 Å². The fraction of sp³-hybridized carbons (Fsp3) is 0.240. The van der Waals surface area contributed by atoms with E-state index in [1.807, 2.05) is 48.5 Å². The number of benzene rings is 3. The van der Waals surface area contributed by atoms with Gasteiger partial charge in [0.15, 0.2) is 0 Å². The average molecular weight is 472 g/mol. The average Bonchev–Trinajstić information content (AvgIpc) is 2.78. The largest absolute Gasteiger partial charge is 0.508 e. The third kappa shape index (κ3) is 4.85. The fourth-order valence-corrected chi connectivity index (χ4v) is 3.95. The van der Waals surface area contributed by atoms with Gasteiger partial charge >= 0.3 is 0 Å². The van der Waals surface area contributed by atoms with Crippen LogP contribution < -0.4 is 10.1 Å². The van der Waals surface area contributed by atoms with E-state index in [1.165, 1.54) is 0 Å². The summed E-state index contributed by atoms with van der Waals surface area (Å²) in [5, 5.41) is 16.5. The van der Waals surface area contributed by atoms with Crippen molar-refractivity contribution in [3.63, 3.8) is 0 Å². The van der Waals surface area contributed by atoms with Gasteiger partial charge in [0.25, 0.3) is 0 Å². The van der Waals surface area contributed by atoms with Crippen LogP contribution in [0.3, 0.4) is 0 Å². The molecule has 0 aliphatic heterocycles. The number of rotatable bonds is 7. The first-order valence-corrected chi connectivity index (χ1v) is 10.8. The van der Waals surface area contributed by atoms with Gasteiger partial charge in [0.05, 0.1) is 23.8 Å². The number of hydrogen-bond donors (Lipinski definition) is 2. The van der Waals surface area contributed by atoms with Gasteiger partial charge in [0.1, 0.15) is 11.5 Å². The van der Waals surface area contributed by atoms with E-state index in [0.717, 1.165) is 57.6 Å². The van der Waals surface area contributed by atoms with Crippen molar-refractivity contribution in [3.8, 4) is 11.5 Å². The van der Waals surface area contributed by atoms with Crippen molar-refractivity contribution in [2.45, 2.75) is 20.4 Å². The van der Waals surface area contributed by atoms with Gasteiger partial charge in [-0.05, 0) is 67.7 Å². The molecular formula is C25H27Cl2N3O2. The van der Waals surface area contributed by atoms with Crippen molar-refractivity contribution in [1.29, 1.82) is 0 Å². The Morgan fingerprint density at radius 3 is 2.47 bits per heavy atom. The van der Waals surface area contributed by atoms with E-state index in [9.17, 15) is 5.11 Å². The van der Waals surface area contributed by atoms with Gasteiger partial charge in [-0.3, -0.25) is 4.90 Å². The molecule has 7 heteroatoms. The number of nitrogens with zero attached hydrogens (tertiary/aromatic N) is 2. The molecule has 4 rings (SSSR count). The van der Waals surface area contributed by atoms with Crippen molar-refractivity contribution >= 4 is 57.2 Å². The Hall–Kier alpha value is -2.73. The van der Waals surface area contributed by atoms with E-state index >= 15 is 0 Å². The monoisotopic (exact) mass is 471 g/mol. The number of aromatic hydroxyl groups is 1. The Morgan fingerprint density at radius 2 is 1.75 bits per heavy atom. The number of nitrogens with one attached hydrogen (secondary N) is 1. The molecule has 0 saturated carbocycles. The molecule has 0 aliphatic rings. The summed E-state index contributed by atoms with van der Waals surface area (Å²) >= 11 is 6.23. The third-order valence-electron chi connectivity index (χ3n) is 5.58. The molecule has 3 aromatic carbocycles. The summed E-state index contributed by atoms with van der Waals surface area (Å²) in [4.78, 5) is 7.05. The first kappa shape index (κ1) is 23.9. The maximum atomic E-state index is 10.4. The van der Waals surface area contributed by atoms with Crippen LogP contribution in [-0.4, -0.2) is 35.2 Å². The highest BCUT2D eigenvalue weighted by atomic mass is 35.5. The van der Waals surface area contributed by atoms with Gasteiger partial charge in [0.2, 0.25) is 0 Å². The maximum Gasteiger partial charge on any atom is 0.120 e. The van der Waals surface area contributed by atoms with E-state index in [2.05, 4.69) is 24.1 Å². The lowest BCUT2D eigenvalue weighted by molar-refractivity contribution is 0.291. The van der Waals surface area contributed by atoms with Crippen LogP contribution in [0.25, 0.3) is 21.8 Å². The number of halogens is 2. The molecule has 4 aromatic rings. The predicted octanol–water partition coefficient (Wildman–Crippen LogP) is 6.76. The van der Waals surface area contributed by atoms with Crippen LogP contribution in [0.4, 0.5) is 11.4 Å². The van der Waals surface area contributed by atoms with Gasteiger partial charge in [-0.2, -0.15) is 0 Å². The second-order valence-electron chi connectivity index (χ2n) is 7.46. The van der Waals surface area contributed by atoms with Crippen molar-refractivity contribution in [3.05, 3.63) is 65.2 Å². The highest BCUT2D eigenvalue weighted by Crippen LogP contribution is 2.36. The lowest BCUT2D eigenvalue weighted by Gasteiger charge is -2.20. The minimum atomic E-state index is 0. The Kier molecular flexibility index (Phi) is 7.67. The van der Waals surface area contributed by atoms with Gasteiger partial charge in [-0.15, -0.1) is 12.4 Å². The van der Waals surface area contributed by atoms with Gasteiger partial charge in [0, 0.05) is 33.6 Å². The summed E-state index contributed by atoms with van der Waals surface area (Å²) < 4.78 is 5.45. The number of hydrogen-bond acceptors (Lipinski definition) is 5. The molecule has 0 unspecified atom stereocenters. The summed E-state index contributed by atoms with van der Waals surface area (Å²) in [7, 11) is 1.65. The zero-order valence-electron chi connectivity index (χ0n) is 18.4. The normalized spacial score (nSPS) is 11.0. The number of aromatic nitrogens is 1. The Morgan fingerprint density at radius 1 is 0.969 bits per heavy atom. The van der Waals surface area contributed by atoms with Gasteiger partial charge < -0.3 is 15.2 Å². The van der Waals surface area contributed by atoms with Gasteiger partial charge in [-0.25, -0.2) is 4.98 Å². The summed E-state index contributed by atoms with van der Waals surface area (Å²) in [6.07, 6.45) is 0. The molecule has 1 aromatic heterocycles. The number of anilines is 2. The van der Waals surface area contributed by atoms with Crippen molar-refractivity contribution in [2.75, 3.05) is 25.5 Å². The maximum absolute atomic E-state index is 10.4. The molecule has 0 aliphatic carbocycles. The smallest absolute Gasteiger partial charge is 0.120 e. The summed E-state index contributed by atoms with van der Waals surface area (Å²) in [6, 6.07) is 17.2. The molecule has 0 radical (unpaired) electrons. The number of methoxy groups -OCH3 is 1. The van der Waals surface area contributed by atoms with Crippen LogP contribution in [0.1, 0.15) is 19.4 Å². The molecule has 0 saturated heterocycles. The molecule has 2 N–H and O–H groups in total. The lowest BCUT2D eigenvalue weighted by Crippen LogP contribution is -2.22. The Balaban J connectivity index is 0.00000289. The predicted molar refractivity (Wildman–Crippen MR) is 136 cm³/mol. The second-order valence-corrected chi connectivity index (χ2v) is 7.90. The molecule has 32 heavy (non-hydrogen) atoms. The molecule has 168 valence electrons. The first-order valence-electron chi connectivity index (χ1n) is 10.4. The van der Waals surface area contributed by atoms with Crippen LogP contribution in [0, 0.1) is 0 Å². The number of ether oxygens (including phenoxy) is 1. The zero-order chi connectivity index (χ0) is 22.0. The summed E-state index contributed by atoms with van der Waals surface area (Å²) in [5.41, 5.74) is 4.37. The third-order valence-corrected chi connectivity index (χ3v) is 5.82. The fourth-order valence-electron chi connectivity index (χ4n) is 3.78. The highest BCUT2D eigenvalue weighted by molar-refractivity contribution is 6.31. The number of pyridine rings is 1. The number of phenolic OH excluding ortho intramolecular Hbond substituents is 1. The van der Waals surface area contributed by atoms with Gasteiger partial charge in [-0.1, -0.05) is 25.4 Å². The second kappa shape index (κ2) is 10.3. The zero-order valence-corrected chi connectivity index (χ0v) is 19.9. The van der Waals surface area contributed by atoms with Crippen LogP contribution >= 0.6 is 24.0 Å². The molecule has 1 heterocycles. The highest BCUT2D eigenvalue weighted by Gasteiger charge is 2.13. The molecule has 0 amide bonds. The van der Waals surface area contributed by atoms with Crippen LogP contribution in [0.15, 0.2) is 54.6 Å². The Labute approximate surface area is 199 Å². The topological polar surface area (TPSA) is 57.6 Å². The van der Waals surface area contributed by atoms with E-state index in [0.29, 0.717) is 17.3 Å². The number of fused-ring (bicyclic) bond motifs is 2. The van der Waals surface area contributed by atoms with Crippen LogP contribution in [0.2, 0.25) is 5.02 Å². The molecule has 0 bridgehead atoms. The van der Waals surface area contributed by atoms with E-state index < -0.39 is 0 Å². The van der Waals surface area contributed by atoms with E-state index in [4.69, 9.17) is 21.3 Å². The van der Waals surface area contributed by atoms with E-state index in [1.54, 1.807) is 13.2 Å². The molecule has 0 atom stereocenters. The van der Waals surface area contributed by atoms with Crippen molar-refractivity contribution in [2.24, 2.45) is 0 Å². The minimum absolute atomic E-state index is 0. The summed E-state index contributed by atoms with van der Waals surface area (Å²) in [6.45, 7) is 6.78. The first-order chi connectivity index (χ1) is 15.0. The molecule has 0 fully saturated rings. The van der Waals surface area contributed by atoms with Crippen LogP contribution in [-0.2, 0) is 6.54 Å². The lowest BCUT2D eigenvalue weighted by atomic mass is 10.1. The molecule has 5 nitrogen and oxygen atoms in total. The SMILES string of the molecule is CCN(CC)Cc1cc(Nc2c3ccc(Cl)cc3nc3ccc(OC)cc23)ccc1O.Cl. The quantitative estimate of drug-likeness (QED) is 0.230. The van der Waals surface area contributed by atoms with Crippen molar-refractivity contribution in [1.82, 2.24) is 9.88 Å². The Bertz CT molecular complexity index is 1240. The minimum Gasteiger partial charge on any atom is -0.508 e. The standard InChI is InChI=1S/C25H26ClN3O2.ClH/c1-4-29(5-2)15-16-12-18(7-11-24(16)30)27-25-20-9-6-17(26)13-23(20)28-22-10-8-19(31-3)14-21(22)25;/h6-14,30H,4-5,15H2,1-3H3,(H,27,28);1H. The molecular weight excluding hydrogens is 445 g/mol.